The summed E-state index contributed by atoms with van der Waals surface area (Å²) < 4.78 is 4.73. The summed E-state index contributed by atoms with van der Waals surface area (Å²) >= 11 is 0. The Kier molecular flexibility index (Phi) is 6.69. The Balaban J connectivity index is 2.30. The first-order valence-corrected chi connectivity index (χ1v) is 6.31. The molecule has 2 amide bonds. The highest BCUT2D eigenvalue weighted by Crippen LogP contribution is 2.02. The van der Waals surface area contributed by atoms with Crippen molar-refractivity contribution in [2.24, 2.45) is 0 Å². The number of amides is 2. The number of ether oxygens (including phenoxy) is 1. The highest BCUT2D eigenvalue weighted by atomic mass is 16.5. The summed E-state index contributed by atoms with van der Waals surface area (Å²) in [6.45, 7) is 2.04. The van der Waals surface area contributed by atoms with E-state index in [1.165, 1.54) is 7.11 Å². The minimum Gasteiger partial charge on any atom is -0.389 e. The van der Waals surface area contributed by atoms with E-state index >= 15 is 0 Å². The van der Waals surface area contributed by atoms with Gasteiger partial charge in [0.15, 0.2) is 0 Å². The van der Waals surface area contributed by atoms with Crippen molar-refractivity contribution in [3.63, 3.8) is 0 Å². The second kappa shape index (κ2) is 8.29. The molecule has 20 heavy (non-hydrogen) atoms. The van der Waals surface area contributed by atoms with Crippen LogP contribution in [0, 0.1) is 6.92 Å². The molecular formula is C14H20N2O4. The van der Waals surface area contributed by atoms with E-state index in [0.717, 1.165) is 5.56 Å². The van der Waals surface area contributed by atoms with Crippen LogP contribution in [0.3, 0.4) is 0 Å². The molecular weight excluding hydrogens is 260 g/mol. The maximum Gasteiger partial charge on any atom is 0.251 e. The van der Waals surface area contributed by atoms with Crippen LogP contribution in [0.4, 0.5) is 0 Å². The molecule has 0 bridgehead atoms. The van der Waals surface area contributed by atoms with E-state index in [1.807, 2.05) is 19.1 Å². The summed E-state index contributed by atoms with van der Waals surface area (Å²) in [6, 6.07) is 7.06. The molecule has 1 unspecified atom stereocenters. The Morgan fingerprint density at radius 3 is 2.50 bits per heavy atom. The molecule has 0 radical (unpaired) electrons. The number of rotatable bonds is 7. The number of nitrogens with one attached hydrogen (secondary N) is 2. The summed E-state index contributed by atoms with van der Waals surface area (Å²) in [6.07, 6.45) is -0.753. The number of hydrogen-bond acceptors (Lipinski definition) is 4. The fourth-order valence-corrected chi connectivity index (χ4v) is 1.51. The zero-order valence-electron chi connectivity index (χ0n) is 11.7. The standard InChI is InChI=1S/C14H20N2O4/c1-10-3-5-11(6-4-10)14(19)16-8-13(18)15-7-12(17)9-20-2/h3-6,12,17H,7-9H2,1-2H3,(H,15,18)(H,16,19). The van der Waals surface area contributed by atoms with Gasteiger partial charge in [-0.05, 0) is 19.1 Å². The Bertz CT molecular complexity index is 445. The average Bonchev–Trinajstić information content (AvgIpc) is 2.43. The normalized spacial score (nSPS) is 11.8. The van der Waals surface area contributed by atoms with E-state index in [9.17, 15) is 14.7 Å². The number of methoxy groups -OCH3 is 1. The molecule has 1 aromatic carbocycles. The van der Waals surface area contributed by atoms with Crippen LogP contribution in [-0.2, 0) is 9.53 Å². The minimum atomic E-state index is -0.753. The summed E-state index contributed by atoms with van der Waals surface area (Å²) in [5, 5.41) is 14.4. The lowest BCUT2D eigenvalue weighted by atomic mass is 10.1. The first kappa shape index (κ1) is 16.1. The quantitative estimate of drug-likeness (QED) is 0.648. The number of hydrogen-bond donors (Lipinski definition) is 3. The molecule has 1 atom stereocenters. The van der Waals surface area contributed by atoms with E-state index in [1.54, 1.807) is 12.1 Å². The average molecular weight is 280 g/mol. The molecule has 0 aromatic heterocycles. The third kappa shape index (κ3) is 5.81. The Labute approximate surface area is 118 Å². The lowest BCUT2D eigenvalue weighted by Crippen LogP contribution is -2.40. The van der Waals surface area contributed by atoms with Gasteiger partial charge in [0, 0.05) is 19.2 Å². The Hall–Kier alpha value is -1.92. The zero-order chi connectivity index (χ0) is 15.0. The number of benzene rings is 1. The van der Waals surface area contributed by atoms with Gasteiger partial charge < -0.3 is 20.5 Å². The highest BCUT2D eigenvalue weighted by Gasteiger charge is 2.09. The molecule has 0 spiro atoms. The minimum absolute atomic E-state index is 0.0904. The van der Waals surface area contributed by atoms with Gasteiger partial charge in [-0.3, -0.25) is 9.59 Å². The second-order valence-electron chi connectivity index (χ2n) is 4.46. The van der Waals surface area contributed by atoms with Gasteiger partial charge in [0.1, 0.15) is 0 Å². The fourth-order valence-electron chi connectivity index (χ4n) is 1.51. The van der Waals surface area contributed by atoms with Gasteiger partial charge in [0.2, 0.25) is 5.91 Å². The van der Waals surface area contributed by atoms with Crippen molar-refractivity contribution in [3.8, 4) is 0 Å². The van der Waals surface area contributed by atoms with Crippen molar-refractivity contribution in [1.82, 2.24) is 10.6 Å². The van der Waals surface area contributed by atoms with Crippen molar-refractivity contribution >= 4 is 11.8 Å². The van der Waals surface area contributed by atoms with Crippen molar-refractivity contribution < 1.29 is 19.4 Å². The van der Waals surface area contributed by atoms with E-state index < -0.39 is 6.10 Å². The molecule has 110 valence electrons. The van der Waals surface area contributed by atoms with Crippen LogP contribution < -0.4 is 10.6 Å². The van der Waals surface area contributed by atoms with Crippen LogP contribution in [0.1, 0.15) is 15.9 Å². The van der Waals surface area contributed by atoms with Gasteiger partial charge in [-0.25, -0.2) is 0 Å². The molecule has 1 rings (SSSR count). The summed E-state index contributed by atoms with van der Waals surface area (Å²) in [5.74, 6) is -0.668. The van der Waals surface area contributed by atoms with Crippen molar-refractivity contribution in [3.05, 3.63) is 35.4 Å². The summed E-state index contributed by atoms with van der Waals surface area (Å²) in [7, 11) is 1.47. The number of carbonyl (C=O) groups excluding carboxylic acids is 2. The van der Waals surface area contributed by atoms with Gasteiger partial charge in [0.05, 0.1) is 19.3 Å². The second-order valence-corrected chi connectivity index (χ2v) is 4.46. The number of aliphatic hydroxyl groups excluding tert-OH is 1. The van der Waals surface area contributed by atoms with Crippen molar-refractivity contribution in [2.45, 2.75) is 13.0 Å². The van der Waals surface area contributed by atoms with Gasteiger partial charge in [0.25, 0.3) is 5.91 Å². The first-order chi connectivity index (χ1) is 9.52. The third-order valence-electron chi connectivity index (χ3n) is 2.62. The number of carbonyl (C=O) groups is 2. The van der Waals surface area contributed by atoms with Gasteiger partial charge in [-0.15, -0.1) is 0 Å². The molecule has 1 aromatic rings. The SMILES string of the molecule is COCC(O)CNC(=O)CNC(=O)c1ccc(C)cc1. The monoisotopic (exact) mass is 280 g/mol. The smallest absolute Gasteiger partial charge is 0.251 e. The predicted octanol–water partition coefficient (Wildman–Crippen LogP) is -0.152. The van der Waals surface area contributed by atoms with Crippen LogP contribution >= 0.6 is 0 Å². The molecule has 0 aliphatic heterocycles. The van der Waals surface area contributed by atoms with Crippen LogP contribution in [-0.4, -0.2) is 49.8 Å². The molecule has 0 aliphatic rings. The first-order valence-electron chi connectivity index (χ1n) is 6.31. The van der Waals surface area contributed by atoms with E-state index in [-0.39, 0.29) is 31.5 Å². The lowest BCUT2D eigenvalue weighted by molar-refractivity contribution is -0.120. The number of aliphatic hydroxyl groups is 1. The van der Waals surface area contributed by atoms with E-state index in [4.69, 9.17) is 4.74 Å². The topological polar surface area (TPSA) is 87.7 Å². The summed E-state index contributed by atoms with van der Waals surface area (Å²) in [4.78, 5) is 23.2. The Morgan fingerprint density at radius 2 is 1.90 bits per heavy atom. The van der Waals surface area contributed by atoms with Gasteiger partial charge >= 0.3 is 0 Å². The van der Waals surface area contributed by atoms with Gasteiger partial charge in [-0.2, -0.15) is 0 Å². The molecule has 3 N–H and O–H groups in total. The molecule has 0 heterocycles. The van der Waals surface area contributed by atoms with Crippen LogP contribution in [0.5, 0.6) is 0 Å². The van der Waals surface area contributed by atoms with Crippen molar-refractivity contribution in [2.75, 3.05) is 26.8 Å². The predicted molar refractivity (Wildman–Crippen MR) is 74.4 cm³/mol. The third-order valence-corrected chi connectivity index (χ3v) is 2.62. The molecule has 0 fully saturated rings. The number of aryl methyl sites for hydroxylation is 1. The van der Waals surface area contributed by atoms with Crippen LogP contribution in [0.2, 0.25) is 0 Å². The lowest BCUT2D eigenvalue weighted by Gasteiger charge is -2.11. The van der Waals surface area contributed by atoms with E-state index in [0.29, 0.717) is 5.56 Å². The van der Waals surface area contributed by atoms with Crippen LogP contribution in [0.25, 0.3) is 0 Å². The van der Waals surface area contributed by atoms with Crippen molar-refractivity contribution in [1.29, 1.82) is 0 Å². The highest BCUT2D eigenvalue weighted by molar-refractivity contribution is 5.96. The summed E-state index contributed by atoms with van der Waals surface area (Å²) in [5.41, 5.74) is 1.56. The molecule has 6 nitrogen and oxygen atoms in total. The van der Waals surface area contributed by atoms with E-state index in [2.05, 4.69) is 10.6 Å². The maximum atomic E-state index is 11.7. The molecule has 6 heteroatoms. The molecule has 0 saturated heterocycles. The molecule has 0 aliphatic carbocycles. The fraction of sp³-hybridized carbons (Fsp3) is 0.429. The Morgan fingerprint density at radius 1 is 1.25 bits per heavy atom. The molecule has 0 saturated carbocycles. The zero-order valence-corrected chi connectivity index (χ0v) is 11.7. The van der Waals surface area contributed by atoms with Crippen LogP contribution in [0.15, 0.2) is 24.3 Å². The largest absolute Gasteiger partial charge is 0.389 e. The van der Waals surface area contributed by atoms with Gasteiger partial charge in [-0.1, -0.05) is 17.7 Å². The maximum absolute atomic E-state index is 11.7.